The molecule has 0 saturated heterocycles. The molecule has 0 saturated carbocycles. The van der Waals surface area contributed by atoms with E-state index in [0.717, 1.165) is 24.0 Å². The largest absolute Gasteiger partial charge is 0.508 e. The van der Waals surface area contributed by atoms with Gasteiger partial charge < -0.3 is 9.94 Å². The number of phenolic OH excluding ortho intramolecular Hbond substituents is 1. The van der Waals surface area contributed by atoms with Crippen molar-refractivity contribution >= 4 is 0 Å². The van der Waals surface area contributed by atoms with Crippen LogP contribution in [0.3, 0.4) is 0 Å². The fourth-order valence-corrected chi connectivity index (χ4v) is 1.66. The molecular formula is C12H19NO2. The van der Waals surface area contributed by atoms with E-state index < -0.39 is 0 Å². The van der Waals surface area contributed by atoms with E-state index in [-0.39, 0.29) is 5.92 Å². The minimum atomic E-state index is 0.259. The van der Waals surface area contributed by atoms with Crippen molar-refractivity contribution in [1.29, 1.82) is 0 Å². The minimum absolute atomic E-state index is 0.259. The summed E-state index contributed by atoms with van der Waals surface area (Å²) in [6.07, 6.45) is 1.86. The third-order valence-electron chi connectivity index (χ3n) is 2.48. The van der Waals surface area contributed by atoms with Crippen molar-refractivity contribution in [2.45, 2.75) is 39.5 Å². The number of hydrogen-bond acceptors (Lipinski definition) is 3. The van der Waals surface area contributed by atoms with Crippen LogP contribution < -0.4 is 10.7 Å². The third-order valence-corrected chi connectivity index (χ3v) is 2.48. The molecule has 0 spiro atoms. The molecule has 0 bridgehead atoms. The average molecular weight is 209 g/mol. The van der Waals surface area contributed by atoms with Gasteiger partial charge in [0, 0.05) is 11.1 Å². The monoisotopic (exact) mass is 209 g/mol. The summed E-state index contributed by atoms with van der Waals surface area (Å²) in [5.74, 6) is 6.47. The first-order valence-corrected chi connectivity index (χ1v) is 5.32. The van der Waals surface area contributed by atoms with Crippen LogP contribution in [0.1, 0.15) is 44.2 Å². The molecule has 1 rings (SSSR count). The molecule has 0 aliphatic rings. The Hall–Kier alpha value is -1.22. The zero-order valence-corrected chi connectivity index (χ0v) is 9.58. The Morgan fingerprint density at radius 2 is 2.07 bits per heavy atom. The van der Waals surface area contributed by atoms with Crippen molar-refractivity contribution < 1.29 is 9.94 Å². The fourth-order valence-electron chi connectivity index (χ4n) is 1.66. The van der Waals surface area contributed by atoms with Gasteiger partial charge in [0.2, 0.25) is 0 Å². The molecule has 0 unspecified atom stereocenters. The van der Waals surface area contributed by atoms with Crippen molar-refractivity contribution in [3.8, 4) is 11.5 Å². The Balaban J connectivity index is 3.16. The van der Waals surface area contributed by atoms with Gasteiger partial charge in [0.1, 0.15) is 5.75 Å². The lowest BCUT2D eigenvalue weighted by Gasteiger charge is -2.13. The van der Waals surface area contributed by atoms with Crippen molar-refractivity contribution in [1.82, 2.24) is 0 Å². The number of hydrogen-bond donors (Lipinski definition) is 2. The molecule has 15 heavy (non-hydrogen) atoms. The maximum Gasteiger partial charge on any atom is 0.150 e. The highest BCUT2D eigenvalue weighted by Gasteiger charge is 2.12. The predicted octanol–water partition coefficient (Wildman–Crippen LogP) is 2.72. The summed E-state index contributed by atoms with van der Waals surface area (Å²) in [6, 6.07) is 3.58. The smallest absolute Gasteiger partial charge is 0.150 e. The number of phenols is 1. The van der Waals surface area contributed by atoms with Crippen LogP contribution in [0, 0.1) is 0 Å². The lowest BCUT2D eigenvalue weighted by atomic mass is 9.98. The lowest BCUT2D eigenvalue weighted by molar-refractivity contribution is 0.329. The van der Waals surface area contributed by atoms with Gasteiger partial charge in [0.15, 0.2) is 5.75 Å². The van der Waals surface area contributed by atoms with Gasteiger partial charge in [0.25, 0.3) is 0 Å². The molecule has 3 heteroatoms. The van der Waals surface area contributed by atoms with Gasteiger partial charge >= 0.3 is 0 Å². The molecule has 0 amide bonds. The Morgan fingerprint density at radius 1 is 1.40 bits per heavy atom. The Morgan fingerprint density at radius 3 is 2.53 bits per heavy atom. The third kappa shape index (κ3) is 2.63. The second-order valence-electron chi connectivity index (χ2n) is 4.04. The van der Waals surface area contributed by atoms with Crippen molar-refractivity contribution in [3.63, 3.8) is 0 Å². The van der Waals surface area contributed by atoms with Crippen LogP contribution in [-0.4, -0.2) is 5.11 Å². The van der Waals surface area contributed by atoms with E-state index in [1.807, 2.05) is 19.9 Å². The standard InChI is InChI=1S/C12H19NO2/c1-4-5-9-6-11(14)10(8(2)3)7-12(9)15-13/h6-8,14H,4-5,13H2,1-3H3. The molecule has 3 nitrogen and oxygen atoms in total. The second kappa shape index (κ2) is 5.03. The summed E-state index contributed by atoms with van der Waals surface area (Å²) >= 11 is 0. The second-order valence-corrected chi connectivity index (χ2v) is 4.04. The molecular weight excluding hydrogens is 190 g/mol. The van der Waals surface area contributed by atoms with Crippen LogP contribution in [0.15, 0.2) is 12.1 Å². The topological polar surface area (TPSA) is 55.5 Å². The van der Waals surface area contributed by atoms with Crippen molar-refractivity contribution in [3.05, 3.63) is 23.3 Å². The summed E-state index contributed by atoms with van der Waals surface area (Å²) in [5.41, 5.74) is 1.83. The average Bonchev–Trinajstić information content (AvgIpc) is 2.18. The van der Waals surface area contributed by atoms with Crippen LogP contribution in [-0.2, 0) is 6.42 Å². The number of nitrogens with two attached hydrogens (primary N) is 1. The number of aromatic hydroxyl groups is 1. The summed E-state index contributed by atoms with van der Waals surface area (Å²) < 4.78 is 0. The SMILES string of the molecule is CCCc1cc(O)c(C(C)C)cc1ON. The van der Waals surface area contributed by atoms with Crippen LogP contribution >= 0.6 is 0 Å². The highest BCUT2D eigenvalue weighted by molar-refractivity contribution is 5.47. The van der Waals surface area contributed by atoms with Crippen LogP contribution in [0.4, 0.5) is 0 Å². The Labute approximate surface area is 90.8 Å². The molecule has 0 aromatic heterocycles. The Kier molecular flexibility index (Phi) is 3.97. The first-order valence-electron chi connectivity index (χ1n) is 5.32. The highest BCUT2D eigenvalue weighted by Crippen LogP contribution is 2.32. The maximum absolute atomic E-state index is 9.81. The molecule has 0 radical (unpaired) electrons. The molecule has 1 aromatic carbocycles. The number of rotatable bonds is 4. The van der Waals surface area contributed by atoms with E-state index >= 15 is 0 Å². The van der Waals surface area contributed by atoms with Gasteiger partial charge in [-0.15, -0.1) is 0 Å². The first kappa shape index (κ1) is 11.9. The number of aryl methyl sites for hydroxylation is 1. The summed E-state index contributed by atoms with van der Waals surface area (Å²) in [7, 11) is 0. The summed E-state index contributed by atoms with van der Waals surface area (Å²) in [4.78, 5) is 4.83. The van der Waals surface area contributed by atoms with Gasteiger partial charge in [0.05, 0.1) is 0 Å². The maximum atomic E-state index is 9.81. The first-order chi connectivity index (χ1) is 7.10. The van der Waals surface area contributed by atoms with E-state index in [2.05, 4.69) is 6.92 Å². The summed E-state index contributed by atoms with van der Waals surface area (Å²) in [5, 5.41) is 9.81. The zero-order valence-electron chi connectivity index (χ0n) is 9.58. The molecule has 0 aliphatic heterocycles. The highest BCUT2D eigenvalue weighted by atomic mass is 16.6. The Bertz CT molecular complexity index is 335. The van der Waals surface area contributed by atoms with E-state index in [4.69, 9.17) is 10.7 Å². The molecule has 1 aromatic rings. The van der Waals surface area contributed by atoms with Gasteiger partial charge in [-0.2, -0.15) is 5.90 Å². The molecule has 3 N–H and O–H groups in total. The molecule has 0 fully saturated rings. The molecule has 84 valence electrons. The lowest BCUT2D eigenvalue weighted by Crippen LogP contribution is -2.06. The molecule has 0 heterocycles. The van der Waals surface area contributed by atoms with Crippen LogP contribution in [0.25, 0.3) is 0 Å². The predicted molar refractivity (Wildman–Crippen MR) is 61.0 cm³/mol. The van der Waals surface area contributed by atoms with E-state index in [1.54, 1.807) is 6.07 Å². The van der Waals surface area contributed by atoms with E-state index in [1.165, 1.54) is 0 Å². The normalized spacial score (nSPS) is 10.7. The minimum Gasteiger partial charge on any atom is -0.508 e. The van der Waals surface area contributed by atoms with Gasteiger partial charge in [-0.25, -0.2) is 0 Å². The fraction of sp³-hybridized carbons (Fsp3) is 0.500. The van der Waals surface area contributed by atoms with E-state index in [0.29, 0.717) is 11.5 Å². The van der Waals surface area contributed by atoms with Crippen LogP contribution in [0.2, 0.25) is 0 Å². The van der Waals surface area contributed by atoms with Crippen molar-refractivity contribution in [2.24, 2.45) is 5.90 Å². The zero-order chi connectivity index (χ0) is 11.4. The van der Waals surface area contributed by atoms with E-state index in [9.17, 15) is 5.11 Å². The van der Waals surface area contributed by atoms with Gasteiger partial charge in [-0.3, -0.25) is 0 Å². The van der Waals surface area contributed by atoms with Gasteiger partial charge in [-0.1, -0.05) is 27.2 Å². The quantitative estimate of drug-likeness (QED) is 0.750. The molecule has 0 atom stereocenters. The molecule has 0 aliphatic carbocycles. The van der Waals surface area contributed by atoms with Crippen LogP contribution in [0.5, 0.6) is 11.5 Å². The number of benzene rings is 1. The van der Waals surface area contributed by atoms with Crippen molar-refractivity contribution in [2.75, 3.05) is 0 Å². The van der Waals surface area contributed by atoms with Gasteiger partial charge in [-0.05, 0) is 24.5 Å². The summed E-state index contributed by atoms with van der Waals surface area (Å²) in [6.45, 7) is 6.12.